The third kappa shape index (κ3) is 1.19. The minimum atomic E-state index is -4.10. The lowest BCUT2D eigenvalue weighted by molar-refractivity contribution is -0.348. The summed E-state index contributed by atoms with van der Waals surface area (Å²) in [5, 5.41) is 15.2. The molecule has 0 aromatic carbocycles. The van der Waals surface area contributed by atoms with E-state index in [2.05, 4.69) is 4.84 Å². The zero-order valence-corrected chi connectivity index (χ0v) is 5.04. The summed E-state index contributed by atoms with van der Waals surface area (Å²) >= 11 is 0. The molecule has 0 radical (unpaired) electrons. The van der Waals surface area contributed by atoms with Crippen molar-refractivity contribution < 1.29 is 28.1 Å². The molecule has 1 aliphatic rings. The summed E-state index contributed by atoms with van der Waals surface area (Å²) in [6.45, 7) is 0. The highest BCUT2D eigenvalue weighted by molar-refractivity contribution is 6.51. The molecule has 0 aromatic heterocycles. The van der Waals surface area contributed by atoms with Crippen LogP contribution in [0.25, 0.3) is 0 Å². The van der Waals surface area contributed by atoms with Gasteiger partial charge >= 0.3 is 13.2 Å². The first kappa shape index (κ1) is 8.37. The molecule has 0 amide bonds. The SMILES string of the molecule is OB(O)C1=CON(F)C1(F)F. The molecule has 11 heavy (non-hydrogen) atoms. The van der Waals surface area contributed by atoms with E-state index in [0.29, 0.717) is 0 Å². The molecule has 0 unspecified atom stereocenters. The largest absolute Gasteiger partial charge is 0.495 e. The molecule has 0 fully saturated rings. The zero-order valence-electron chi connectivity index (χ0n) is 5.04. The highest BCUT2D eigenvalue weighted by atomic mass is 19.3. The summed E-state index contributed by atoms with van der Waals surface area (Å²) in [6.07, 6.45) is 0.241. The molecule has 0 saturated carbocycles. The van der Waals surface area contributed by atoms with E-state index in [1.54, 1.807) is 0 Å². The van der Waals surface area contributed by atoms with E-state index in [9.17, 15) is 13.3 Å². The van der Waals surface area contributed by atoms with E-state index in [0.717, 1.165) is 0 Å². The fourth-order valence-electron chi connectivity index (χ4n) is 0.558. The first-order valence-corrected chi connectivity index (χ1v) is 2.53. The van der Waals surface area contributed by atoms with Crippen LogP contribution in [0.4, 0.5) is 13.3 Å². The predicted molar refractivity (Wildman–Crippen MR) is 27.3 cm³/mol. The van der Waals surface area contributed by atoms with Crippen LogP contribution >= 0.6 is 0 Å². The maximum Gasteiger partial charge on any atom is 0.495 e. The highest BCUT2D eigenvalue weighted by Crippen LogP contribution is 2.34. The molecule has 0 atom stereocenters. The summed E-state index contributed by atoms with van der Waals surface area (Å²) in [7, 11) is -2.43. The van der Waals surface area contributed by atoms with Crippen molar-refractivity contribution in [1.82, 2.24) is 5.29 Å². The van der Waals surface area contributed by atoms with Gasteiger partial charge < -0.3 is 14.9 Å². The number of alkyl halides is 2. The average Bonchev–Trinajstić information content (AvgIpc) is 2.08. The highest BCUT2D eigenvalue weighted by Gasteiger charge is 2.53. The van der Waals surface area contributed by atoms with E-state index in [1.807, 2.05) is 0 Å². The van der Waals surface area contributed by atoms with Crippen molar-refractivity contribution in [1.29, 1.82) is 0 Å². The predicted octanol–water partition coefficient (Wildman–Crippen LogP) is -0.393. The molecule has 62 valence electrons. The Morgan fingerprint density at radius 2 is 2.09 bits per heavy atom. The van der Waals surface area contributed by atoms with E-state index in [4.69, 9.17) is 10.0 Å². The summed E-state index contributed by atoms with van der Waals surface area (Å²) in [5.41, 5.74) is -1.24. The number of hydrogen-bond acceptors (Lipinski definition) is 4. The van der Waals surface area contributed by atoms with Gasteiger partial charge in [0, 0.05) is 0 Å². The first-order chi connectivity index (χ1) is 4.96. The molecular formula is C3H3BF3NO3. The second-order valence-corrected chi connectivity index (χ2v) is 1.84. The van der Waals surface area contributed by atoms with Crippen LogP contribution in [0.3, 0.4) is 0 Å². The molecule has 4 nitrogen and oxygen atoms in total. The number of rotatable bonds is 1. The molecule has 0 bridgehead atoms. The number of halogens is 3. The molecule has 2 N–H and O–H groups in total. The lowest BCUT2D eigenvalue weighted by atomic mass is 9.79. The van der Waals surface area contributed by atoms with Crippen molar-refractivity contribution >= 4 is 7.12 Å². The Balaban J connectivity index is 2.83. The van der Waals surface area contributed by atoms with Crippen LogP contribution in [0, 0.1) is 0 Å². The number of hydroxylamine groups is 1. The standard InChI is InChI=1S/C3H3BF3NO3/c5-3(6)2(4(9)10)1-11-8(3)7/h1,9-10H. The minimum absolute atomic E-state index is 0.241. The van der Waals surface area contributed by atoms with Crippen molar-refractivity contribution in [2.24, 2.45) is 0 Å². The van der Waals surface area contributed by atoms with Crippen LogP contribution in [-0.2, 0) is 4.84 Å². The van der Waals surface area contributed by atoms with Gasteiger partial charge in [-0.25, -0.2) is 0 Å². The molecule has 0 aliphatic carbocycles. The molecule has 0 spiro atoms. The normalized spacial score (nSPS) is 22.8. The van der Waals surface area contributed by atoms with Gasteiger partial charge in [-0.3, -0.25) is 0 Å². The second-order valence-electron chi connectivity index (χ2n) is 1.84. The van der Waals surface area contributed by atoms with E-state index >= 15 is 0 Å². The Morgan fingerprint density at radius 3 is 2.27 bits per heavy atom. The van der Waals surface area contributed by atoms with Crippen LogP contribution in [0.1, 0.15) is 0 Å². The van der Waals surface area contributed by atoms with Gasteiger partial charge in [0.2, 0.25) is 0 Å². The van der Waals surface area contributed by atoms with Crippen molar-refractivity contribution in [2.45, 2.75) is 6.05 Å². The molecule has 8 heteroatoms. The monoisotopic (exact) mass is 169 g/mol. The van der Waals surface area contributed by atoms with Crippen LogP contribution in [-0.4, -0.2) is 28.5 Å². The third-order valence-corrected chi connectivity index (χ3v) is 1.12. The van der Waals surface area contributed by atoms with Gasteiger partial charge in [0.1, 0.15) is 6.26 Å². The Kier molecular flexibility index (Phi) is 1.82. The van der Waals surface area contributed by atoms with Gasteiger partial charge in [-0.15, -0.1) is 0 Å². The maximum absolute atomic E-state index is 12.3. The van der Waals surface area contributed by atoms with Gasteiger partial charge in [-0.1, -0.05) is 4.48 Å². The van der Waals surface area contributed by atoms with Gasteiger partial charge in [0.05, 0.1) is 10.8 Å². The topological polar surface area (TPSA) is 52.9 Å². The molecule has 1 aliphatic heterocycles. The molecule has 1 heterocycles. The van der Waals surface area contributed by atoms with Gasteiger partial charge in [0.15, 0.2) is 0 Å². The fraction of sp³-hybridized carbons (Fsp3) is 0.333. The van der Waals surface area contributed by atoms with Crippen LogP contribution < -0.4 is 0 Å². The lowest BCUT2D eigenvalue weighted by Crippen LogP contribution is -2.37. The first-order valence-electron chi connectivity index (χ1n) is 2.53. The van der Waals surface area contributed by atoms with Crippen molar-refractivity contribution in [3.05, 3.63) is 11.7 Å². The van der Waals surface area contributed by atoms with Crippen molar-refractivity contribution in [2.75, 3.05) is 0 Å². The van der Waals surface area contributed by atoms with Crippen LogP contribution in [0.2, 0.25) is 0 Å². The van der Waals surface area contributed by atoms with Gasteiger partial charge in [0.25, 0.3) is 0 Å². The Morgan fingerprint density at radius 1 is 1.55 bits per heavy atom. The van der Waals surface area contributed by atoms with Crippen molar-refractivity contribution in [3.8, 4) is 0 Å². The molecule has 0 aromatic rings. The Labute approximate surface area is 59.5 Å². The third-order valence-electron chi connectivity index (χ3n) is 1.12. The van der Waals surface area contributed by atoms with Crippen molar-refractivity contribution in [3.63, 3.8) is 0 Å². The summed E-state index contributed by atoms with van der Waals surface area (Å²) in [5.74, 6) is 0. The maximum atomic E-state index is 12.3. The molecular weight excluding hydrogens is 166 g/mol. The average molecular weight is 169 g/mol. The fourth-order valence-corrected chi connectivity index (χ4v) is 0.558. The van der Waals surface area contributed by atoms with E-state index in [1.165, 1.54) is 0 Å². The number of nitrogens with zero attached hydrogens (tertiary/aromatic N) is 1. The summed E-state index contributed by atoms with van der Waals surface area (Å²) in [4.78, 5) is 3.58. The Hall–Kier alpha value is -0.725. The molecule has 1 rings (SSSR count). The molecule has 0 saturated heterocycles. The Bertz CT molecular complexity index is 196. The quantitative estimate of drug-likeness (QED) is 0.318. The van der Waals surface area contributed by atoms with Gasteiger partial charge in [-0.05, 0) is 0 Å². The number of hydrogen-bond donors (Lipinski definition) is 2. The van der Waals surface area contributed by atoms with Crippen LogP contribution in [0.15, 0.2) is 11.7 Å². The zero-order chi connectivity index (χ0) is 8.65. The second kappa shape index (κ2) is 2.40. The van der Waals surface area contributed by atoms with E-state index < -0.39 is 23.9 Å². The van der Waals surface area contributed by atoms with Gasteiger partial charge in [-0.2, -0.15) is 8.78 Å². The van der Waals surface area contributed by atoms with Crippen LogP contribution in [0.5, 0.6) is 0 Å². The van der Waals surface area contributed by atoms with E-state index in [-0.39, 0.29) is 6.26 Å². The lowest BCUT2D eigenvalue weighted by Gasteiger charge is -2.13. The summed E-state index contributed by atoms with van der Waals surface area (Å²) < 4.78 is 36.5. The summed E-state index contributed by atoms with van der Waals surface area (Å²) in [6, 6.07) is -4.10. The minimum Gasteiger partial charge on any atom is -0.423 e. The smallest absolute Gasteiger partial charge is 0.423 e.